The number of carbonyl (C=O) groups is 1. The molecule has 1 amide bonds. The maximum absolute atomic E-state index is 11.8. The predicted molar refractivity (Wildman–Crippen MR) is 80.7 cm³/mol. The Balaban J connectivity index is 2.47. The van der Waals surface area contributed by atoms with Crippen molar-refractivity contribution in [1.29, 1.82) is 0 Å². The molecule has 0 atom stereocenters. The fraction of sp³-hybridized carbons (Fsp3) is 0.400. The van der Waals surface area contributed by atoms with E-state index in [0.717, 1.165) is 24.8 Å². The van der Waals surface area contributed by atoms with Crippen LogP contribution in [-0.2, 0) is 4.79 Å². The molecule has 0 radical (unpaired) electrons. The Morgan fingerprint density at radius 1 is 1.29 bits per heavy atom. The summed E-state index contributed by atoms with van der Waals surface area (Å²) in [4.78, 5) is 23.5. The van der Waals surface area contributed by atoms with Gasteiger partial charge in [0, 0.05) is 38.4 Å². The number of likely N-dealkylation sites (N-methyl/N-ethyl adjacent to an activating group) is 1. The summed E-state index contributed by atoms with van der Waals surface area (Å²) in [6, 6.07) is 6.01. The van der Waals surface area contributed by atoms with Crippen LogP contribution in [0.15, 0.2) is 30.3 Å². The van der Waals surface area contributed by atoms with Crippen molar-refractivity contribution in [3.8, 4) is 0 Å². The summed E-state index contributed by atoms with van der Waals surface area (Å²) < 4.78 is 0. The minimum Gasteiger partial charge on any atom is -0.396 e. The first-order valence-electron chi connectivity index (χ1n) is 6.83. The standard InChI is InChI=1S/C15H20N2O4/c1-16(11-3-2-4-12-18)15(19)10-7-13-5-8-14(9-6-13)17(20)21/h5-10,18H,2-4,11-12H2,1H3/b10-7+. The Bertz CT molecular complexity index is 497. The van der Waals surface area contributed by atoms with Gasteiger partial charge in [-0.1, -0.05) is 0 Å². The van der Waals surface area contributed by atoms with E-state index in [4.69, 9.17) is 5.11 Å². The number of nitro groups is 1. The number of non-ortho nitro benzene ring substituents is 1. The Morgan fingerprint density at radius 3 is 2.52 bits per heavy atom. The Kier molecular flexibility index (Phi) is 7.11. The molecule has 1 N–H and O–H groups in total. The Hall–Kier alpha value is -2.21. The SMILES string of the molecule is CN(CCCCCO)C(=O)/C=C/c1ccc([N+](=O)[O-])cc1. The third-order valence-electron chi connectivity index (χ3n) is 3.05. The molecule has 0 saturated carbocycles. The second kappa shape index (κ2) is 8.86. The molecular weight excluding hydrogens is 272 g/mol. The van der Waals surface area contributed by atoms with Crippen LogP contribution >= 0.6 is 0 Å². The van der Waals surface area contributed by atoms with Gasteiger partial charge in [0.05, 0.1) is 4.92 Å². The van der Waals surface area contributed by atoms with Crippen LogP contribution in [0, 0.1) is 10.1 Å². The lowest BCUT2D eigenvalue weighted by molar-refractivity contribution is -0.384. The second-order valence-corrected chi connectivity index (χ2v) is 4.73. The average molecular weight is 292 g/mol. The molecule has 0 aromatic heterocycles. The summed E-state index contributed by atoms with van der Waals surface area (Å²) in [5, 5.41) is 19.2. The monoisotopic (exact) mass is 292 g/mol. The van der Waals surface area contributed by atoms with Gasteiger partial charge in [0.15, 0.2) is 0 Å². The van der Waals surface area contributed by atoms with Gasteiger partial charge in [-0.05, 0) is 43.0 Å². The third-order valence-corrected chi connectivity index (χ3v) is 3.05. The van der Waals surface area contributed by atoms with E-state index in [9.17, 15) is 14.9 Å². The van der Waals surface area contributed by atoms with Crippen LogP contribution in [-0.4, -0.2) is 41.0 Å². The first kappa shape index (κ1) is 16.8. The highest BCUT2D eigenvalue weighted by Crippen LogP contribution is 2.12. The number of aliphatic hydroxyl groups is 1. The molecule has 0 unspecified atom stereocenters. The van der Waals surface area contributed by atoms with Gasteiger partial charge in [-0.3, -0.25) is 14.9 Å². The van der Waals surface area contributed by atoms with E-state index in [1.54, 1.807) is 30.2 Å². The summed E-state index contributed by atoms with van der Waals surface area (Å²) in [6.45, 7) is 0.821. The quantitative estimate of drug-likeness (QED) is 0.344. The van der Waals surface area contributed by atoms with Crippen molar-refractivity contribution >= 4 is 17.7 Å². The van der Waals surface area contributed by atoms with Crippen molar-refractivity contribution in [2.75, 3.05) is 20.2 Å². The number of nitrogens with zero attached hydrogens (tertiary/aromatic N) is 2. The number of benzene rings is 1. The van der Waals surface area contributed by atoms with Crippen LogP contribution in [0.3, 0.4) is 0 Å². The molecule has 21 heavy (non-hydrogen) atoms. The topological polar surface area (TPSA) is 83.7 Å². The van der Waals surface area contributed by atoms with Crippen LogP contribution in [0.25, 0.3) is 6.08 Å². The van der Waals surface area contributed by atoms with Crippen molar-refractivity contribution in [2.24, 2.45) is 0 Å². The minimum absolute atomic E-state index is 0.0273. The van der Waals surface area contributed by atoms with E-state index in [0.29, 0.717) is 6.54 Å². The fourth-order valence-electron chi connectivity index (χ4n) is 1.75. The zero-order chi connectivity index (χ0) is 15.7. The number of rotatable bonds is 8. The molecule has 0 aliphatic rings. The van der Waals surface area contributed by atoms with Gasteiger partial charge < -0.3 is 10.0 Å². The van der Waals surface area contributed by atoms with Gasteiger partial charge in [0.2, 0.25) is 5.91 Å². The Morgan fingerprint density at radius 2 is 1.95 bits per heavy atom. The van der Waals surface area contributed by atoms with Crippen LogP contribution in [0.2, 0.25) is 0 Å². The van der Waals surface area contributed by atoms with E-state index in [1.807, 2.05) is 0 Å². The molecule has 1 rings (SSSR count). The molecule has 0 aliphatic carbocycles. The molecule has 0 aliphatic heterocycles. The lowest BCUT2D eigenvalue weighted by atomic mass is 10.2. The number of carbonyl (C=O) groups excluding carboxylic acids is 1. The number of aliphatic hydroxyl groups excluding tert-OH is 1. The lowest BCUT2D eigenvalue weighted by Gasteiger charge is -2.14. The highest BCUT2D eigenvalue weighted by molar-refractivity contribution is 5.91. The smallest absolute Gasteiger partial charge is 0.269 e. The molecule has 0 fully saturated rings. The molecule has 6 heteroatoms. The molecule has 1 aromatic rings. The van der Waals surface area contributed by atoms with E-state index in [1.165, 1.54) is 18.2 Å². The van der Waals surface area contributed by atoms with Gasteiger partial charge in [-0.25, -0.2) is 0 Å². The van der Waals surface area contributed by atoms with E-state index in [2.05, 4.69) is 0 Å². The largest absolute Gasteiger partial charge is 0.396 e. The first-order valence-corrected chi connectivity index (χ1v) is 6.83. The maximum Gasteiger partial charge on any atom is 0.269 e. The van der Waals surface area contributed by atoms with Crippen molar-refractivity contribution < 1.29 is 14.8 Å². The molecule has 1 aromatic carbocycles. The van der Waals surface area contributed by atoms with Crippen molar-refractivity contribution in [1.82, 2.24) is 4.90 Å². The van der Waals surface area contributed by atoms with E-state index in [-0.39, 0.29) is 18.2 Å². The molecule has 6 nitrogen and oxygen atoms in total. The molecule has 0 bridgehead atoms. The predicted octanol–water partition coefficient (Wildman–Crippen LogP) is 2.23. The molecular formula is C15H20N2O4. The van der Waals surface area contributed by atoms with Gasteiger partial charge in [-0.15, -0.1) is 0 Å². The molecule has 0 spiro atoms. The molecule has 114 valence electrons. The number of amides is 1. The minimum atomic E-state index is -0.460. The average Bonchev–Trinajstić information content (AvgIpc) is 2.49. The van der Waals surface area contributed by atoms with Crippen LogP contribution in [0.4, 0.5) is 5.69 Å². The molecule has 0 saturated heterocycles. The highest BCUT2D eigenvalue weighted by Gasteiger charge is 2.05. The van der Waals surface area contributed by atoms with Crippen LogP contribution < -0.4 is 0 Å². The fourth-order valence-corrected chi connectivity index (χ4v) is 1.75. The summed E-state index contributed by atoms with van der Waals surface area (Å²) in [6.07, 6.45) is 5.58. The lowest BCUT2D eigenvalue weighted by Crippen LogP contribution is -2.25. The zero-order valence-electron chi connectivity index (χ0n) is 12.1. The summed E-state index contributed by atoms with van der Waals surface area (Å²) >= 11 is 0. The molecule has 0 heterocycles. The highest BCUT2D eigenvalue weighted by atomic mass is 16.6. The van der Waals surface area contributed by atoms with Gasteiger partial charge in [-0.2, -0.15) is 0 Å². The summed E-state index contributed by atoms with van der Waals surface area (Å²) in [5.74, 6) is -0.114. The number of hydrogen-bond donors (Lipinski definition) is 1. The Labute approximate surface area is 123 Å². The van der Waals surface area contributed by atoms with E-state index < -0.39 is 4.92 Å². The zero-order valence-corrected chi connectivity index (χ0v) is 12.1. The normalized spacial score (nSPS) is 10.8. The van der Waals surface area contributed by atoms with Gasteiger partial charge in [0.25, 0.3) is 5.69 Å². The van der Waals surface area contributed by atoms with Crippen LogP contribution in [0.1, 0.15) is 24.8 Å². The number of nitro benzene ring substituents is 1. The summed E-state index contributed by atoms with van der Waals surface area (Å²) in [5.41, 5.74) is 0.766. The second-order valence-electron chi connectivity index (χ2n) is 4.73. The van der Waals surface area contributed by atoms with Crippen molar-refractivity contribution in [3.05, 3.63) is 46.0 Å². The van der Waals surface area contributed by atoms with Crippen molar-refractivity contribution in [3.63, 3.8) is 0 Å². The van der Waals surface area contributed by atoms with Gasteiger partial charge in [0.1, 0.15) is 0 Å². The third kappa shape index (κ3) is 6.18. The van der Waals surface area contributed by atoms with Crippen molar-refractivity contribution in [2.45, 2.75) is 19.3 Å². The first-order chi connectivity index (χ1) is 10.0. The number of hydrogen-bond acceptors (Lipinski definition) is 4. The van der Waals surface area contributed by atoms with Gasteiger partial charge >= 0.3 is 0 Å². The van der Waals surface area contributed by atoms with Crippen LogP contribution in [0.5, 0.6) is 0 Å². The summed E-state index contributed by atoms with van der Waals surface area (Å²) in [7, 11) is 1.72. The maximum atomic E-state index is 11.8. The number of unbranched alkanes of at least 4 members (excludes halogenated alkanes) is 2. The van der Waals surface area contributed by atoms with E-state index >= 15 is 0 Å².